The predicted molar refractivity (Wildman–Crippen MR) is 296 cm³/mol. The van der Waals surface area contributed by atoms with E-state index in [1.165, 1.54) is 11.1 Å². The van der Waals surface area contributed by atoms with Gasteiger partial charge in [0.05, 0.1) is 54.2 Å². The topological polar surface area (TPSA) is 196 Å². The number of hydrogen-bond donors (Lipinski definition) is 6. The Labute approximate surface area is 454 Å². The van der Waals surface area contributed by atoms with E-state index in [1.54, 1.807) is 49.4 Å². The van der Waals surface area contributed by atoms with Crippen LogP contribution in [0.25, 0.3) is 0 Å². The van der Waals surface area contributed by atoms with Crippen LogP contribution in [0.4, 0.5) is 0 Å². The number of likely N-dealkylation sites (N-methyl/N-ethyl adjacent to an activating group) is 2. The van der Waals surface area contributed by atoms with Gasteiger partial charge in [0.1, 0.15) is 12.1 Å². The lowest BCUT2D eigenvalue weighted by Crippen LogP contribution is -2.58. The highest BCUT2D eigenvalue weighted by atomic mass is 32.2. The van der Waals surface area contributed by atoms with Crippen molar-refractivity contribution in [1.82, 2.24) is 36.8 Å². The molecule has 3 saturated heterocycles. The van der Waals surface area contributed by atoms with Gasteiger partial charge in [-0.05, 0) is 104 Å². The second-order valence-electron chi connectivity index (χ2n) is 23.4. The number of nitrogens with one attached hydrogen (secondary N) is 6. The molecule has 0 radical (unpaired) electrons. The number of carbonyl (C=O) groups excluding carboxylic acids is 6. The summed E-state index contributed by atoms with van der Waals surface area (Å²) in [5.74, 6) is -0.414. The lowest BCUT2D eigenvalue weighted by molar-refractivity contribution is -0.144. The monoisotopic (exact) mass is 1070 g/mol. The molecule has 0 spiro atoms. The van der Waals surface area contributed by atoms with Gasteiger partial charge in [0.2, 0.25) is 29.5 Å². The third-order valence-electron chi connectivity index (χ3n) is 17.0. The number of ketones is 1. The molecule has 3 aliphatic heterocycles. The molecule has 1 unspecified atom stereocenters. The Morgan fingerprint density at radius 2 is 1.23 bits per heavy atom. The fourth-order valence-corrected chi connectivity index (χ4v) is 16.3. The van der Waals surface area contributed by atoms with E-state index >= 15 is 0 Å². The molecule has 12 atom stereocenters. The fraction of sp³-hybridized carbons (Fsp3) is 0.690. The van der Waals surface area contributed by atoms with Crippen LogP contribution in [-0.4, -0.2) is 133 Å². The van der Waals surface area contributed by atoms with Crippen LogP contribution in [0, 0.1) is 22.7 Å². The van der Waals surface area contributed by atoms with Crippen LogP contribution in [0.15, 0.2) is 48.5 Å². The van der Waals surface area contributed by atoms with Crippen molar-refractivity contribution in [2.24, 2.45) is 22.7 Å². The van der Waals surface area contributed by atoms with Crippen molar-refractivity contribution in [2.45, 2.75) is 184 Å². The number of benzene rings is 2. The molecule has 8 rings (SSSR count). The Kier molecular flexibility index (Phi) is 19.6. The Morgan fingerprint density at radius 3 is 1.81 bits per heavy atom. The van der Waals surface area contributed by atoms with Gasteiger partial charge in [0.15, 0.2) is 5.78 Å². The molecule has 75 heavy (non-hydrogen) atoms. The minimum atomic E-state index is -0.681. The van der Waals surface area contributed by atoms with Gasteiger partial charge in [0.25, 0.3) is 0 Å². The van der Waals surface area contributed by atoms with Crippen molar-refractivity contribution in [2.75, 3.05) is 45.4 Å². The molecule has 17 heteroatoms. The summed E-state index contributed by atoms with van der Waals surface area (Å²) >= 11 is 3.47. The summed E-state index contributed by atoms with van der Waals surface area (Å²) in [5, 5.41) is 18.4. The second kappa shape index (κ2) is 25.6. The number of ether oxygens (including phenoxy) is 2. The summed E-state index contributed by atoms with van der Waals surface area (Å²) in [4.78, 5) is 84.6. The molecular weight excluding hydrogens is 987 g/mol. The lowest BCUT2D eigenvalue weighted by atomic mass is 9.75. The molecule has 6 N–H and O–H groups in total. The van der Waals surface area contributed by atoms with Crippen LogP contribution < -0.4 is 31.9 Å². The maximum absolute atomic E-state index is 14.5. The van der Waals surface area contributed by atoms with Crippen molar-refractivity contribution in [3.8, 4) is 0 Å². The first-order chi connectivity index (χ1) is 36.0. The van der Waals surface area contributed by atoms with Crippen molar-refractivity contribution >= 4 is 58.8 Å². The molecule has 412 valence electrons. The smallest absolute Gasteiger partial charge is 0.246 e. The highest BCUT2D eigenvalue weighted by Crippen LogP contribution is 2.54. The highest BCUT2D eigenvalue weighted by Gasteiger charge is 2.58. The molecule has 1 saturated carbocycles. The zero-order valence-corrected chi connectivity index (χ0v) is 47.1. The van der Waals surface area contributed by atoms with Crippen molar-refractivity contribution in [1.29, 1.82) is 0 Å². The van der Waals surface area contributed by atoms with E-state index in [0.29, 0.717) is 38.9 Å². The van der Waals surface area contributed by atoms with Gasteiger partial charge in [-0.3, -0.25) is 28.8 Å². The van der Waals surface area contributed by atoms with E-state index < -0.39 is 41.4 Å². The van der Waals surface area contributed by atoms with E-state index in [2.05, 4.69) is 83.9 Å². The second-order valence-corrected chi connectivity index (χ2v) is 26.0. The van der Waals surface area contributed by atoms with Crippen molar-refractivity contribution in [3.05, 3.63) is 70.8 Å². The van der Waals surface area contributed by atoms with E-state index in [4.69, 9.17) is 9.47 Å². The zero-order valence-electron chi connectivity index (χ0n) is 45.5. The number of rotatable bonds is 23. The molecular formula is C58H85N7O8S2. The summed E-state index contributed by atoms with van der Waals surface area (Å²) < 4.78 is 13.2. The number of Topliss-reactive ketones (excluding diaryl/α,β-unsaturated/α-hetero) is 1. The first-order valence-electron chi connectivity index (χ1n) is 28.0. The van der Waals surface area contributed by atoms with Crippen LogP contribution in [0.3, 0.4) is 0 Å². The van der Waals surface area contributed by atoms with Crippen molar-refractivity contribution in [3.63, 3.8) is 0 Å². The van der Waals surface area contributed by atoms with Gasteiger partial charge in [0, 0.05) is 37.2 Å². The zero-order chi connectivity index (χ0) is 53.4. The average molecular weight is 1070 g/mol. The summed E-state index contributed by atoms with van der Waals surface area (Å²) in [6.45, 7) is 11.5. The van der Waals surface area contributed by atoms with E-state index in [-0.39, 0.29) is 82.2 Å². The number of nitrogens with zero attached hydrogens (tertiary/aromatic N) is 1. The fourth-order valence-electron chi connectivity index (χ4n) is 13.0. The van der Waals surface area contributed by atoms with Crippen LogP contribution in [0.1, 0.15) is 146 Å². The van der Waals surface area contributed by atoms with Gasteiger partial charge in [-0.15, -0.1) is 11.8 Å². The van der Waals surface area contributed by atoms with Crippen LogP contribution >= 0.6 is 23.5 Å². The SMILES string of the molecule is CNCC(=O)N[C@H]1CCS[C@H]2CC(C)(C)[C@@H](C(=O)N[C@H]3c4ccccc4C[C@H]3OCCCCCCCCCCO[C@@H]3Cc4ccccc4[C@@H]3NC(=O)[C@H]3N4C(=O)[C@@H](NC(=O)[C@H](C)NC)CCS[C@H]4CC3(C)C)C2C1=O. The first-order valence-corrected chi connectivity index (χ1v) is 30.1. The van der Waals surface area contributed by atoms with Crippen LogP contribution in [0.5, 0.6) is 0 Å². The Balaban J connectivity index is 0.760. The summed E-state index contributed by atoms with van der Waals surface area (Å²) in [6.07, 6.45) is 12.1. The molecule has 6 aliphatic rings. The number of hydrogen-bond acceptors (Lipinski definition) is 12. The number of thioether (sulfide) groups is 2. The summed E-state index contributed by atoms with van der Waals surface area (Å²) in [5.41, 5.74) is 3.65. The maximum Gasteiger partial charge on any atom is 0.246 e. The summed E-state index contributed by atoms with van der Waals surface area (Å²) in [6, 6.07) is 13.5. The Morgan fingerprint density at radius 1 is 0.680 bits per heavy atom. The Hall–Kier alpha value is -4.00. The lowest BCUT2D eigenvalue weighted by Gasteiger charge is -2.35. The average Bonchev–Trinajstić information content (AvgIpc) is 4.04. The van der Waals surface area contributed by atoms with Gasteiger partial charge >= 0.3 is 0 Å². The van der Waals surface area contributed by atoms with E-state index in [9.17, 15) is 28.8 Å². The third kappa shape index (κ3) is 13.3. The van der Waals surface area contributed by atoms with Crippen LogP contribution in [0.2, 0.25) is 0 Å². The van der Waals surface area contributed by atoms with E-state index in [1.807, 2.05) is 24.3 Å². The van der Waals surface area contributed by atoms with E-state index in [0.717, 1.165) is 86.8 Å². The molecule has 0 bridgehead atoms. The standard InChI is InChI=1S/C58H85N7O8S2/c1-35(60-7)53(68)62-41-25-29-75-46-33-58(4,5)52(65(46)56(41)71)55(70)64-50-39-23-17-15-21-37(39)31-43(50)73-27-19-13-11-9-8-10-12-18-26-72-42-30-36-20-14-16-22-38(36)49(42)63-54(69)48-47-44(32-57(48,2)3)74-28-24-40(51(47)67)61-45(66)34-59-6/h14-17,20-23,35,40-44,46-50,52,59-60H,8-13,18-19,24-34H2,1-7H3,(H,61,66)(H,62,68)(H,63,69)(H,64,70)/t35-,40-,41-,42+,43+,44-,46-,47?,48+,49-,50-,52+/m0/s1. The van der Waals surface area contributed by atoms with Crippen molar-refractivity contribution < 1.29 is 38.2 Å². The van der Waals surface area contributed by atoms with Gasteiger partial charge in [-0.2, -0.15) is 11.8 Å². The third-order valence-corrected chi connectivity index (χ3v) is 19.7. The molecule has 15 nitrogen and oxygen atoms in total. The molecule has 2 aromatic carbocycles. The number of unbranched alkanes of at least 4 members (excludes halogenated alkanes) is 7. The molecule has 0 aromatic heterocycles. The number of fused-ring (bicyclic) bond motifs is 4. The maximum atomic E-state index is 14.5. The molecule has 3 heterocycles. The summed E-state index contributed by atoms with van der Waals surface area (Å²) in [7, 11) is 3.43. The normalized spacial score (nSPS) is 29.8. The number of carbonyl (C=O) groups is 6. The molecule has 2 aromatic rings. The largest absolute Gasteiger partial charge is 0.375 e. The molecule has 3 aliphatic carbocycles. The number of amides is 5. The highest BCUT2D eigenvalue weighted by molar-refractivity contribution is 8.00. The quantitative estimate of drug-likeness (QED) is 0.0679. The minimum absolute atomic E-state index is 0.0205. The van der Waals surface area contributed by atoms with Gasteiger partial charge in [-0.1, -0.05) is 115 Å². The first kappa shape index (κ1) is 57.2. The molecule has 5 amide bonds. The van der Waals surface area contributed by atoms with Gasteiger partial charge in [-0.25, -0.2) is 0 Å². The Bertz CT molecular complexity index is 2350. The molecule has 4 fully saturated rings. The predicted octanol–water partition coefficient (Wildman–Crippen LogP) is 6.33. The van der Waals surface area contributed by atoms with Crippen LogP contribution in [-0.2, 0) is 51.1 Å². The minimum Gasteiger partial charge on any atom is -0.375 e. The van der Waals surface area contributed by atoms with Gasteiger partial charge < -0.3 is 46.3 Å².